The summed E-state index contributed by atoms with van der Waals surface area (Å²) in [5, 5.41) is 0.779. The molecule has 0 saturated heterocycles. The van der Waals surface area contributed by atoms with Gasteiger partial charge in [0.2, 0.25) is 0 Å². The topological polar surface area (TPSA) is 86.3 Å². The standard InChI is InChI=1S/C16H17N3O3S/c1-22-16-8-7-15-13(14(16)11-18-17)9-10-19(15)23(20,21)12-5-3-2-4-6-12/h2-10,18H,11,17H2,1H3. The molecule has 0 aliphatic rings. The third-order valence-corrected chi connectivity index (χ3v) is 5.41. The molecule has 0 amide bonds. The van der Waals surface area contributed by atoms with Crippen LogP contribution in [0.2, 0.25) is 0 Å². The lowest BCUT2D eigenvalue weighted by Crippen LogP contribution is -2.21. The van der Waals surface area contributed by atoms with E-state index < -0.39 is 10.0 Å². The second-order valence-corrected chi connectivity index (χ2v) is 6.80. The van der Waals surface area contributed by atoms with Gasteiger partial charge in [0, 0.05) is 23.7 Å². The van der Waals surface area contributed by atoms with Crippen molar-refractivity contribution in [1.29, 1.82) is 0 Å². The van der Waals surface area contributed by atoms with E-state index in [1.807, 2.05) is 0 Å². The predicted molar refractivity (Wildman–Crippen MR) is 88.5 cm³/mol. The maximum absolute atomic E-state index is 12.8. The Morgan fingerprint density at radius 3 is 2.52 bits per heavy atom. The van der Waals surface area contributed by atoms with Crippen LogP contribution in [0, 0.1) is 0 Å². The largest absolute Gasteiger partial charge is 0.496 e. The van der Waals surface area contributed by atoms with E-state index in [9.17, 15) is 8.42 Å². The van der Waals surface area contributed by atoms with Gasteiger partial charge in [0.05, 0.1) is 17.5 Å². The number of hydrogen-bond acceptors (Lipinski definition) is 5. The van der Waals surface area contributed by atoms with Crippen molar-refractivity contribution in [2.75, 3.05) is 7.11 Å². The molecule has 23 heavy (non-hydrogen) atoms. The monoisotopic (exact) mass is 331 g/mol. The Labute approximate surface area is 134 Å². The zero-order valence-electron chi connectivity index (χ0n) is 12.6. The summed E-state index contributed by atoms with van der Waals surface area (Å²) in [4.78, 5) is 0.242. The summed E-state index contributed by atoms with van der Waals surface area (Å²) in [5.41, 5.74) is 3.99. The number of methoxy groups -OCH3 is 1. The SMILES string of the molecule is COc1ccc2c(ccn2S(=O)(=O)c2ccccc2)c1CNN. The molecule has 0 radical (unpaired) electrons. The lowest BCUT2D eigenvalue weighted by molar-refractivity contribution is 0.409. The molecule has 2 aromatic carbocycles. The highest BCUT2D eigenvalue weighted by Gasteiger charge is 2.20. The summed E-state index contributed by atoms with van der Waals surface area (Å²) < 4.78 is 32.3. The average Bonchev–Trinajstić information content (AvgIpc) is 3.01. The molecule has 3 aromatic rings. The summed E-state index contributed by atoms with van der Waals surface area (Å²) >= 11 is 0. The van der Waals surface area contributed by atoms with E-state index in [1.54, 1.807) is 61.8 Å². The molecule has 7 heteroatoms. The number of rotatable bonds is 5. The summed E-state index contributed by atoms with van der Waals surface area (Å²) in [6.45, 7) is 0.371. The van der Waals surface area contributed by atoms with Crippen LogP contribution in [0.4, 0.5) is 0 Å². The molecule has 120 valence electrons. The van der Waals surface area contributed by atoms with E-state index in [2.05, 4.69) is 5.43 Å². The summed E-state index contributed by atoms with van der Waals surface area (Å²) in [6.07, 6.45) is 1.55. The van der Waals surface area contributed by atoms with Crippen molar-refractivity contribution in [2.24, 2.45) is 5.84 Å². The molecule has 0 saturated carbocycles. The van der Waals surface area contributed by atoms with E-state index in [1.165, 1.54) is 3.97 Å². The first-order valence-corrected chi connectivity index (χ1v) is 8.44. The van der Waals surface area contributed by atoms with Crippen LogP contribution < -0.4 is 16.0 Å². The van der Waals surface area contributed by atoms with Crippen molar-refractivity contribution in [3.63, 3.8) is 0 Å². The number of ether oxygens (including phenoxy) is 1. The lowest BCUT2D eigenvalue weighted by atomic mass is 10.1. The highest BCUT2D eigenvalue weighted by molar-refractivity contribution is 7.90. The van der Waals surface area contributed by atoms with Gasteiger partial charge in [-0.1, -0.05) is 18.2 Å². The van der Waals surface area contributed by atoms with E-state index in [0.29, 0.717) is 17.8 Å². The predicted octanol–water partition coefficient (Wildman–Crippen LogP) is 1.85. The molecule has 1 aromatic heterocycles. The second kappa shape index (κ2) is 6.04. The van der Waals surface area contributed by atoms with Crippen molar-refractivity contribution in [3.05, 3.63) is 60.3 Å². The van der Waals surface area contributed by atoms with Gasteiger partial charge in [-0.2, -0.15) is 0 Å². The second-order valence-electron chi connectivity index (χ2n) is 4.99. The molecule has 0 spiro atoms. The number of benzene rings is 2. The molecule has 6 nitrogen and oxygen atoms in total. The van der Waals surface area contributed by atoms with Crippen LogP contribution in [0.1, 0.15) is 5.56 Å². The number of hydrazine groups is 1. The number of nitrogens with zero attached hydrogens (tertiary/aromatic N) is 1. The van der Waals surface area contributed by atoms with E-state index >= 15 is 0 Å². The number of fused-ring (bicyclic) bond motifs is 1. The summed E-state index contributed by atoms with van der Waals surface area (Å²) in [7, 11) is -2.08. The zero-order chi connectivity index (χ0) is 16.4. The molecular formula is C16H17N3O3S. The average molecular weight is 331 g/mol. The van der Waals surface area contributed by atoms with Crippen LogP contribution in [-0.4, -0.2) is 19.5 Å². The molecule has 0 fully saturated rings. The summed E-state index contributed by atoms with van der Waals surface area (Å²) in [5.74, 6) is 6.09. The molecule has 3 N–H and O–H groups in total. The lowest BCUT2D eigenvalue weighted by Gasteiger charge is -2.11. The molecule has 0 atom stereocenters. The van der Waals surface area contributed by atoms with Crippen LogP contribution in [0.25, 0.3) is 10.9 Å². The van der Waals surface area contributed by atoms with Gasteiger partial charge in [-0.25, -0.2) is 12.4 Å². The molecule has 1 heterocycles. The molecular weight excluding hydrogens is 314 g/mol. The van der Waals surface area contributed by atoms with Crippen LogP contribution in [0.3, 0.4) is 0 Å². The minimum atomic E-state index is -3.65. The first-order valence-electron chi connectivity index (χ1n) is 7.00. The van der Waals surface area contributed by atoms with Crippen LogP contribution in [0.15, 0.2) is 59.6 Å². The molecule has 0 aliphatic carbocycles. The van der Waals surface area contributed by atoms with Crippen LogP contribution in [0.5, 0.6) is 5.75 Å². The zero-order valence-corrected chi connectivity index (χ0v) is 13.4. The van der Waals surface area contributed by atoms with E-state index in [-0.39, 0.29) is 4.90 Å². The third kappa shape index (κ3) is 2.59. The van der Waals surface area contributed by atoms with Gasteiger partial charge < -0.3 is 4.74 Å². The first kappa shape index (κ1) is 15.5. The minimum Gasteiger partial charge on any atom is -0.496 e. The van der Waals surface area contributed by atoms with Crippen LogP contribution >= 0.6 is 0 Å². The first-order chi connectivity index (χ1) is 11.1. The number of aromatic nitrogens is 1. The summed E-state index contributed by atoms with van der Waals surface area (Å²) in [6, 6.07) is 13.6. The van der Waals surface area contributed by atoms with Gasteiger partial charge in [-0.15, -0.1) is 0 Å². The Morgan fingerprint density at radius 1 is 1.13 bits per heavy atom. The number of nitrogens with one attached hydrogen (secondary N) is 1. The molecule has 0 aliphatic heterocycles. The maximum atomic E-state index is 12.8. The van der Waals surface area contributed by atoms with Crippen molar-refractivity contribution >= 4 is 20.9 Å². The van der Waals surface area contributed by atoms with Gasteiger partial charge in [0.25, 0.3) is 10.0 Å². The van der Waals surface area contributed by atoms with Gasteiger partial charge in [-0.05, 0) is 30.3 Å². The van der Waals surface area contributed by atoms with E-state index in [4.69, 9.17) is 10.6 Å². The Balaban J connectivity index is 2.23. The molecule has 3 rings (SSSR count). The third-order valence-electron chi connectivity index (χ3n) is 3.70. The Kier molecular flexibility index (Phi) is 4.08. The normalized spacial score (nSPS) is 11.7. The Morgan fingerprint density at radius 2 is 1.87 bits per heavy atom. The van der Waals surface area contributed by atoms with Crippen molar-refractivity contribution in [2.45, 2.75) is 11.4 Å². The fourth-order valence-corrected chi connectivity index (χ4v) is 3.99. The quantitative estimate of drug-likeness (QED) is 0.550. The molecule has 0 unspecified atom stereocenters. The highest BCUT2D eigenvalue weighted by Crippen LogP contribution is 2.30. The van der Waals surface area contributed by atoms with Crippen LogP contribution in [-0.2, 0) is 16.6 Å². The van der Waals surface area contributed by atoms with Gasteiger partial charge in [0.1, 0.15) is 5.75 Å². The fraction of sp³-hybridized carbons (Fsp3) is 0.125. The van der Waals surface area contributed by atoms with E-state index in [0.717, 1.165) is 10.9 Å². The van der Waals surface area contributed by atoms with Crippen molar-refractivity contribution < 1.29 is 13.2 Å². The highest BCUT2D eigenvalue weighted by atomic mass is 32.2. The number of hydrogen-bond donors (Lipinski definition) is 2. The maximum Gasteiger partial charge on any atom is 0.268 e. The smallest absolute Gasteiger partial charge is 0.268 e. The number of nitrogens with two attached hydrogens (primary N) is 1. The minimum absolute atomic E-state index is 0.242. The molecule has 0 bridgehead atoms. The Bertz CT molecular complexity index is 934. The van der Waals surface area contributed by atoms with Gasteiger partial charge in [0.15, 0.2) is 0 Å². The van der Waals surface area contributed by atoms with Gasteiger partial charge >= 0.3 is 0 Å². The fourth-order valence-electron chi connectivity index (χ4n) is 2.62. The van der Waals surface area contributed by atoms with Crippen molar-refractivity contribution in [1.82, 2.24) is 9.40 Å². The van der Waals surface area contributed by atoms with Gasteiger partial charge in [-0.3, -0.25) is 11.3 Å². The Hall–Kier alpha value is -2.35. The van der Waals surface area contributed by atoms with Crippen molar-refractivity contribution in [3.8, 4) is 5.75 Å².